The summed E-state index contributed by atoms with van der Waals surface area (Å²) in [6.45, 7) is 4.38. The van der Waals surface area contributed by atoms with Crippen LogP contribution in [0.25, 0.3) is 0 Å². The predicted molar refractivity (Wildman–Crippen MR) is 82.3 cm³/mol. The third-order valence-electron chi connectivity index (χ3n) is 4.83. The van der Waals surface area contributed by atoms with Crippen LogP contribution in [0.15, 0.2) is 18.2 Å². The third kappa shape index (κ3) is 2.67. The van der Waals surface area contributed by atoms with E-state index in [-0.39, 0.29) is 6.04 Å². The topological polar surface area (TPSA) is 20.3 Å². The molecule has 1 fully saturated rings. The largest absolute Gasteiger partial charge is 0.293 e. The normalized spacial score (nSPS) is 20.1. The minimum Gasteiger partial charge on any atom is -0.293 e. The number of carbonyl (C=O) groups excluding carboxylic acids is 1. The smallest absolute Gasteiger partial charge is 0.179 e. The van der Waals surface area contributed by atoms with Crippen LogP contribution in [0, 0.1) is 0 Å². The number of fused-ring (bicyclic) bond motifs is 1. The molecule has 2 heteroatoms. The lowest BCUT2D eigenvalue weighted by Gasteiger charge is -2.26. The standard InChI is InChI=1S/C18H25NO/c1-2-6-17(19-11-3-4-12-19)18(20)16-10-9-14-7-5-8-15(14)13-16/h9-10,13,17H,2-8,11-12H2,1H3. The molecule has 1 saturated heterocycles. The van der Waals surface area contributed by atoms with Crippen LogP contribution in [0.4, 0.5) is 0 Å². The maximum absolute atomic E-state index is 12.9. The number of ketones is 1. The lowest BCUT2D eigenvalue weighted by molar-refractivity contribution is 0.0837. The van der Waals surface area contributed by atoms with Crippen molar-refractivity contribution in [3.63, 3.8) is 0 Å². The molecule has 3 rings (SSSR count). The van der Waals surface area contributed by atoms with Crippen molar-refractivity contribution >= 4 is 5.78 Å². The van der Waals surface area contributed by atoms with Crippen LogP contribution < -0.4 is 0 Å². The zero-order valence-corrected chi connectivity index (χ0v) is 12.5. The quantitative estimate of drug-likeness (QED) is 0.762. The molecule has 1 atom stereocenters. The van der Waals surface area contributed by atoms with Gasteiger partial charge in [-0.15, -0.1) is 0 Å². The first kappa shape index (κ1) is 13.8. The van der Waals surface area contributed by atoms with E-state index >= 15 is 0 Å². The van der Waals surface area contributed by atoms with Crippen LogP contribution >= 0.6 is 0 Å². The van der Waals surface area contributed by atoms with E-state index in [0.717, 1.165) is 37.9 Å². The van der Waals surface area contributed by atoms with Crippen molar-refractivity contribution in [2.75, 3.05) is 13.1 Å². The van der Waals surface area contributed by atoms with Crippen LogP contribution in [0.5, 0.6) is 0 Å². The number of benzene rings is 1. The molecule has 0 bridgehead atoms. The number of nitrogens with zero attached hydrogens (tertiary/aromatic N) is 1. The molecule has 0 spiro atoms. The van der Waals surface area contributed by atoms with Crippen molar-refractivity contribution in [1.29, 1.82) is 0 Å². The van der Waals surface area contributed by atoms with Gasteiger partial charge in [-0.3, -0.25) is 9.69 Å². The van der Waals surface area contributed by atoms with Gasteiger partial charge in [0.2, 0.25) is 0 Å². The molecular formula is C18H25NO. The van der Waals surface area contributed by atoms with E-state index in [1.807, 2.05) is 0 Å². The van der Waals surface area contributed by atoms with Crippen molar-refractivity contribution in [2.24, 2.45) is 0 Å². The van der Waals surface area contributed by atoms with Gasteiger partial charge in [0.1, 0.15) is 0 Å². The summed E-state index contributed by atoms with van der Waals surface area (Å²) in [7, 11) is 0. The van der Waals surface area contributed by atoms with Gasteiger partial charge in [0.25, 0.3) is 0 Å². The SMILES string of the molecule is CCCC(C(=O)c1ccc2c(c1)CCC2)N1CCCC1. The Kier molecular flexibility index (Phi) is 4.21. The maximum Gasteiger partial charge on any atom is 0.179 e. The van der Waals surface area contributed by atoms with Crippen LogP contribution in [0.3, 0.4) is 0 Å². The molecule has 1 aromatic carbocycles. The monoisotopic (exact) mass is 271 g/mol. The third-order valence-corrected chi connectivity index (χ3v) is 4.83. The van der Waals surface area contributed by atoms with Gasteiger partial charge in [-0.1, -0.05) is 25.5 Å². The minimum absolute atomic E-state index is 0.113. The molecule has 0 N–H and O–H groups in total. The summed E-state index contributed by atoms with van der Waals surface area (Å²) in [5.41, 5.74) is 3.80. The first-order valence-electron chi connectivity index (χ1n) is 8.19. The van der Waals surface area contributed by atoms with Crippen molar-refractivity contribution in [3.05, 3.63) is 34.9 Å². The fourth-order valence-electron chi connectivity index (χ4n) is 3.72. The number of hydrogen-bond donors (Lipinski definition) is 0. The summed E-state index contributed by atoms with van der Waals surface area (Å²) >= 11 is 0. The number of aryl methyl sites for hydroxylation is 2. The summed E-state index contributed by atoms with van der Waals surface area (Å²) in [4.78, 5) is 15.3. The van der Waals surface area contributed by atoms with E-state index in [0.29, 0.717) is 5.78 Å². The molecule has 20 heavy (non-hydrogen) atoms. The number of Topliss-reactive ketones (excluding diaryl/α,β-unsaturated/α-hetero) is 1. The Morgan fingerprint density at radius 1 is 1.15 bits per heavy atom. The van der Waals surface area contributed by atoms with Crippen molar-refractivity contribution in [2.45, 2.75) is 57.9 Å². The highest BCUT2D eigenvalue weighted by Gasteiger charge is 2.28. The molecule has 1 aromatic rings. The molecule has 1 unspecified atom stereocenters. The molecular weight excluding hydrogens is 246 g/mol. The fraction of sp³-hybridized carbons (Fsp3) is 0.611. The average molecular weight is 271 g/mol. The zero-order valence-electron chi connectivity index (χ0n) is 12.5. The first-order valence-corrected chi connectivity index (χ1v) is 8.19. The fourth-order valence-corrected chi connectivity index (χ4v) is 3.72. The Hall–Kier alpha value is -1.15. The van der Waals surface area contributed by atoms with Gasteiger partial charge in [-0.2, -0.15) is 0 Å². The van der Waals surface area contributed by atoms with E-state index in [4.69, 9.17) is 0 Å². The van der Waals surface area contributed by atoms with Gasteiger partial charge >= 0.3 is 0 Å². The van der Waals surface area contributed by atoms with Crippen LogP contribution in [-0.4, -0.2) is 29.8 Å². The van der Waals surface area contributed by atoms with Gasteiger partial charge in [0.05, 0.1) is 6.04 Å². The number of carbonyl (C=O) groups is 1. The average Bonchev–Trinajstić information content (AvgIpc) is 3.13. The summed E-state index contributed by atoms with van der Waals surface area (Å²) in [5, 5.41) is 0. The Labute approximate surface area is 122 Å². The molecule has 0 saturated carbocycles. The lowest BCUT2D eigenvalue weighted by atomic mass is 9.96. The zero-order chi connectivity index (χ0) is 13.9. The van der Waals surface area contributed by atoms with E-state index in [2.05, 4.69) is 30.0 Å². The van der Waals surface area contributed by atoms with E-state index in [1.54, 1.807) is 0 Å². The Morgan fingerprint density at radius 3 is 2.65 bits per heavy atom. The van der Waals surface area contributed by atoms with Gasteiger partial charge in [-0.25, -0.2) is 0 Å². The summed E-state index contributed by atoms with van der Waals surface area (Å²) < 4.78 is 0. The second-order valence-corrected chi connectivity index (χ2v) is 6.25. The van der Waals surface area contributed by atoms with Gasteiger partial charge in [0.15, 0.2) is 5.78 Å². The second kappa shape index (κ2) is 6.09. The molecule has 2 aliphatic rings. The van der Waals surface area contributed by atoms with Gasteiger partial charge < -0.3 is 0 Å². The van der Waals surface area contributed by atoms with Crippen molar-refractivity contribution < 1.29 is 4.79 Å². The maximum atomic E-state index is 12.9. The lowest BCUT2D eigenvalue weighted by Crippen LogP contribution is -2.39. The molecule has 1 heterocycles. The van der Waals surface area contributed by atoms with Crippen molar-refractivity contribution in [3.8, 4) is 0 Å². The van der Waals surface area contributed by atoms with Gasteiger partial charge in [0, 0.05) is 5.56 Å². The first-order chi connectivity index (χ1) is 9.79. The molecule has 0 aromatic heterocycles. The summed E-state index contributed by atoms with van der Waals surface area (Å²) in [6, 6.07) is 6.53. The Balaban J connectivity index is 1.81. The van der Waals surface area contributed by atoms with E-state index in [1.165, 1.54) is 36.8 Å². The molecule has 2 nitrogen and oxygen atoms in total. The molecule has 1 aliphatic carbocycles. The molecule has 0 amide bonds. The van der Waals surface area contributed by atoms with Gasteiger partial charge in [-0.05, 0) is 68.8 Å². The minimum atomic E-state index is 0.113. The summed E-state index contributed by atoms with van der Waals surface area (Å²) in [5.74, 6) is 0.350. The number of rotatable bonds is 5. The Morgan fingerprint density at radius 2 is 1.90 bits per heavy atom. The second-order valence-electron chi connectivity index (χ2n) is 6.25. The highest BCUT2D eigenvalue weighted by molar-refractivity contribution is 6.00. The van der Waals surface area contributed by atoms with Crippen LogP contribution in [-0.2, 0) is 12.8 Å². The molecule has 1 aliphatic heterocycles. The molecule has 0 radical (unpaired) electrons. The summed E-state index contributed by atoms with van der Waals surface area (Å²) in [6.07, 6.45) is 8.16. The predicted octanol–water partition coefficient (Wildman–Crippen LogP) is 3.62. The van der Waals surface area contributed by atoms with Crippen molar-refractivity contribution in [1.82, 2.24) is 4.90 Å². The highest BCUT2D eigenvalue weighted by Crippen LogP contribution is 2.25. The Bertz CT molecular complexity index is 488. The van der Waals surface area contributed by atoms with Crippen LogP contribution in [0.2, 0.25) is 0 Å². The van der Waals surface area contributed by atoms with E-state index in [9.17, 15) is 4.79 Å². The highest BCUT2D eigenvalue weighted by atomic mass is 16.1. The van der Waals surface area contributed by atoms with E-state index < -0.39 is 0 Å². The number of hydrogen-bond acceptors (Lipinski definition) is 2. The van der Waals surface area contributed by atoms with Crippen LogP contribution in [0.1, 0.15) is 60.5 Å². The molecule has 108 valence electrons. The number of likely N-dealkylation sites (tertiary alicyclic amines) is 1.